The Bertz CT molecular complexity index is 468. The lowest BCUT2D eigenvalue weighted by Crippen LogP contribution is -2.24. The summed E-state index contributed by atoms with van der Waals surface area (Å²) in [6.45, 7) is 0.821. The monoisotopic (exact) mass is 229 g/mol. The third-order valence-electron chi connectivity index (χ3n) is 2.06. The number of benzene rings is 1. The summed E-state index contributed by atoms with van der Waals surface area (Å²) in [5.41, 5.74) is 9.07. The third-order valence-corrected chi connectivity index (χ3v) is 2.06. The lowest BCUT2D eigenvalue weighted by Gasteiger charge is -2.03. The topological polar surface area (TPSA) is 102 Å². The fraction of sp³-hybridized carbons (Fsp3) is 0.273. The first-order valence-corrected chi connectivity index (χ1v) is 5.07. The molecule has 86 valence electrons. The number of hydrogen-bond acceptors (Lipinski definition) is 3. The molecule has 0 heterocycles. The lowest BCUT2D eigenvalue weighted by atomic mass is 10.1. The first-order valence-electron chi connectivity index (χ1n) is 5.07. The molecule has 0 aliphatic carbocycles. The molecule has 0 aliphatic heterocycles. The maximum absolute atomic E-state index is 11.6. The summed E-state index contributed by atoms with van der Waals surface area (Å²) in [6, 6.07) is 8.36. The van der Waals surface area contributed by atoms with Gasteiger partial charge in [0.25, 0.3) is 5.91 Å². The van der Waals surface area contributed by atoms with Crippen molar-refractivity contribution in [3.63, 3.8) is 0 Å². The Morgan fingerprint density at radius 2 is 2.18 bits per heavy atom. The van der Waals surface area contributed by atoms with Crippen LogP contribution in [0.1, 0.15) is 22.3 Å². The maximum Gasteiger partial charge on any atom is 0.251 e. The van der Waals surface area contributed by atoms with Crippen molar-refractivity contribution in [2.24, 2.45) is 5.11 Å². The van der Waals surface area contributed by atoms with Crippen LogP contribution in [-0.4, -0.2) is 19.0 Å². The normalized spacial score (nSPS) is 8.88. The molecule has 1 aromatic rings. The molecule has 0 unspecified atom stereocenters. The van der Waals surface area contributed by atoms with Crippen molar-refractivity contribution < 1.29 is 4.79 Å². The van der Waals surface area contributed by atoms with Gasteiger partial charge in [-0.05, 0) is 36.2 Å². The summed E-state index contributed by atoms with van der Waals surface area (Å²) < 4.78 is 0. The van der Waals surface area contributed by atoms with E-state index in [4.69, 9.17) is 10.8 Å². The largest absolute Gasteiger partial charge is 0.352 e. The van der Waals surface area contributed by atoms with E-state index in [1.807, 2.05) is 6.07 Å². The van der Waals surface area contributed by atoms with E-state index in [1.54, 1.807) is 24.3 Å². The van der Waals surface area contributed by atoms with E-state index >= 15 is 0 Å². The van der Waals surface area contributed by atoms with Crippen LogP contribution in [0.25, 0.3) is 10.4 Å². The minimum absolute atomic E-state index is 0.199. The van der Waals surface area contributed by atoms with Crippen LogP contribution >= 0.6 is 0 Å². The van der Waals surface area contributed by atoms with Gasteiger partial charge in [-0.3, -0.25) is 4.79 Å². The summed E-state index contributed by atoms with van der Waals surface area (Å²) in [7, 11) is 0. The van der Waals surface area contributed by atoms with Crippen LogP contribution in [0.15, 0.2) is 29.4 Å². The Balaban J connectivity index is 2.41. The van der Waals surface area contributed by atoms with Crippen LogP contribution in [0.4, 0.5) is 0 Å². The standard InChI is InChI=1S/C11H11N5O/c12-8-9-2-4-10(5-3-9)11(17)14-6-1-7-15-16-13/h2-5H,1,6-7H2,(H,14,17). The molecule has 1 amide bonds. The highest BCUT2D eigenvalue weighted by Crippen LogP contribution is 2.02. The van der Waals surface area contributed by atoms with Gasteiger partial charge in [-0.15, -0.1) is 0 Å². The quantitative estimate of drug-likeness (QED) is 0.361. The summed E-state index contributed by atoms with van der Waals surface area (Å²) >= 11 is 0. The van der Waals surface area contributed by atoms with Crippen molar-refractivity contribution >= 4 is 5.91 Å². The second-order valence-corrected chi connectivity index (χ2v) is 3.25. The molecule has 1 aromatic carbocycles. The Morgan fingerprint density at radius 1 is 1.47 bits per heavy atom. The molecule has 1 rings (SSSR count). The van der Waals surface area contributed by atoms with Gasteiger partial charge in [0.2, 0.25) is 0 Å². The number of nitrogens with zero attached hydrogens (tertiary/aromatic N) is 4. The van der Waals surface area contributed by atoms with E-state index in [1.165, 1.54) is 0 Å². The molecule has 0 atom stereocenters. The van der Waals surface area contributed by atoms with Crippen molar-refractivity contribution in [1.82, 2.24) is 5.32 Å². The van der Waals surface area contributed by atoms with E-state index in [9.17, 15) is 4.79 Å². The molecule has 0 bridgehead atoms. The zero-order valence-corrected chi connectivity index (χ0v) is 9.13. The number of carbonyl (C=O) groups excluding carboxylic acids is 1. The zero-order valence-electron chi connectivity index (χ0n) is 9.13. The number of nitriles is 1. The molecule has 6 nitrogen and oxygen atoms in total. The summed E-state index contributed by atoms with van der Waals surface area (Å²) in [5, 5.41) is 14.6. The van der Waals surface area contributed by atoms with Crippen molar-refractivity contribution in [1.29, 1.82) is 5.26 Å². The van der Waals surface area contributed by atoms with Crippen LogP contribution in [-0.2, 0) is 0 Å². The molecule has 0 saturated carbocycles. The van der Waals surface area contributed by atoms with Gasteiger partial charge in [-0.25, -0.2) is 0 Å². The highest BCUT2D eigenvalue weighted by Gasteiger charge is 2.03. The number of rotatable bonds is 5. The highest BCUT2D eigenvalue weighted by atomic mass is 16.1. The fourth-order valence-corrected chi connectivity index (χ4v) is 1.19. The smallest absolute Gasteiger partial charge is 0.251 e. The van der Waals surface area contributed by atoms with Crippen LogP contribution in [0, 0.1) is 11.3 Å². The third kappa shape index (κ3) is 4.24. The first kappa shape index (κ1) is 12.6. The Hall–Kier alpha value is -2.51. The second-order valence-electron chi connectivity index (χ2n) is 3.25. The van der Waals surface area contributed by atoms with Crippen molar-refractivity contribution in [3.8, 4) is 6.07 Å². The average Bonchev–Trinajstić information content (AvgIpc) is 2.38. The van der Waals surface area contributed by atoms with Gasteiger partial charge in [0.15, 0.2) is 0 Å². The predicted octanol–water partition coefficient (Wildman–Crippen LogP) is 1.99. The molecule has 0 spiro atoms. The molecule has 6 heteroatoms. The number of nitrogens with one attached hydrogen (secondary N) is 1. The van der Waals surface area contributed by atoms with E-state index in [0.717, 1.165) is 0 Å². The van der Waals surface area contributed by atoms with Gasteiger partial charge in [0, 0.05) is 23.6 Å². The summed E-state index contributed by atoms with van der Waals surface area (Å²) in [5.74, 6) is -0.199. The second kappa shape index (κ2) is 6.88. The summed E-state index contributed by atoms with van der Waals surface area (Å²) in [6.07, 6.45) is 0.603. The number of carbonyl (C=O) groups is 1. The molecular weight excluding hydrogens is 218 g/mol. The number of amides is 1. The van der Waals surface area contributed by atoms with E-state index in [-0.39, 0.29) is 5.91 Å². The average molecular weight is 229 g/mol. The predicted molar refractivity (Wildman–Crippen MR) is 62.1 cm³/mol. The number of azide groups is 1. The first-order chi connectivity index (χ1) is 8.27. The van der Waals surface area contributed by atoms with Crippen molar-refractivity contribution in [2.75, 3.05) is 13.1 Å². The minimum Gasteiger partial charge on any atom is -0.352 e. The van der Waals surface area contributed by atoms with Gasteiger partial charge in [0.05, 0.1) is 11.6 Å². The van der Waals surface area contributed by atoms with Gasteiger partial charge in [0.1, 0.15) is 0 Å². The van der Waals surface area contributed by atoms with Crippen molar-refractivity contribution in [2.45, 2.75) is 6.42 Å². The van der Waals surface area contributed by atoms with Crippen molar-refractivity contribution in [3.05, 3.63) is 45.8 Å². The Kier molecular flexibility index (Phi) is 5.08. The molecule has 1 N–H and O–H groups in total. The molecule has 0 fully saturated rings. The van der Waals surface area contributed by atoms with Gasteiger partial charge in [-0.2, -0.15) is 5.26 Å². The molecule has 0 saturated heterocycles. The van der Waals surface area contributed by atoms with Crippen LogP contribution in [0.2, 0.25) is 0 Å². The molecule has 0 radical (unpaired) electrons. The number of hydrogen-bond donors (Lipinski definition) is 1. The minimum atomic E-state index is -0.199. The van der Waals surface area contributed by atoms with Gasteiger partial charge in [-0.1, -0.05) is 5.11 Å². The SMILES string of the molecule is N#Cc1ccc(C(=O)NCCCN=[N+]=[N-])cc1. The van der Waals surface area contributed by atoms with Gasteiger partial charge < -0.3 is 5.32 Å². The molecular formula is C11H11N5O. The van der Waals surface area contributed by atoms with Crippen LogP contribution < -0.4 is 5.32 Å². The van der Waals surface area contributed by atoms with Crippen LogP contribution in [0.5, 0.6) is 0 Å². The summed E-state index contributed by atoms with van der Waals surface area (Å²) in [4.78, 5) is 14.2. The fourth-order valence-electron chi connectivity index (χ4n) is 1.19. The van der Waals surface area contributed by atoms with Crippen LogP contribution in [0.3, 0.4) is 0 Å². The maximum atomic E-state index is 11.6. The highest BCUT2D eigenvalue weighted by molar-refractivity contribution is 5.94. The molecule has 0 aliphatic rings. The van der Waals surface area contributed by atoms with Gasteiger partial charge >= 0.3 is 0 Å². The lowest BCUT2D eigenvalue weighted by molar-refractivity contribution is 0.0953. The Morgan fingerprint density at radius 3 is 2.76 bits per heavy atom. The van der Waals surface area contributed by atoms with E-state index in [2.05, 4.69) is 15.3 Å². The van der Waals surface area contributed by atoms with E-state index in [0.29, 0.717) is 30.6 Å². The zero-order chi connectivity index (χ0) is 12.5. The molecule has 0 aromatic heterocycles. The van der Waals surface area contributed by atoms with E-state index < -0.39 is 0 Å². The Labute approximate surface area is 98.5 Å². The molecule has 17 heavy (non-hydrogen) atoms.